The molecule has 1 N–H and O–H groups in total. The van der Waals surface area contributed by atoms with Gasteiger partial charge >= 0.3 is 12.0 Å². The van der Waals surface area contributed by atoms with Gasteiger partial charge in [-0.3, -0.25) is 4.90 Å². The molecule has 2 amide bonds. The fraction of sp³-hybridized carbons (Fsp3) is 0.846. The normalized spacial score (nSPS) is 30.3. The number of hydrogen-bond donors (Lipinski definition) is 1. The highest BCUT2D eigenvalue weighted by Gasteiger charge is 2.41. The molecule has 2 rings (SSSR count). The Morgan fingerprint density at radius 3 is 2.80 bits per heavy atom. The predicted octanol–water partition coefficient (Wildman–Crippen LogP) is 1.46. The molecule has 2 saturated heterocycles. The van der Waals surface area contributed by atoms with Gasteiger partial charge in [0, 0.05) is 26.0 Å². The lowest BCUT2D eigenvalue weighted by atomic mass is 10.1. The van der Waals surface area contributed by atoms with Crippen LogP contribution in [0.2, 0.25) is 0 Å². The summed E-state index contributed by atoms with van der Waals surface area (Å²) in [6.07, 6.45) is 3.24. The summed E-state index contributed by atoms with van der Waals surface area (Å²) in [5.74, 6) is -0.478. The van der Waals surface area contributed by atoms with Crippen LogP contribution in [-0.2, 0) is 9.53 Å². The minimum atomic E-state index is -0.933. The Balaban J connectivity index is 1.95. The van der Waals surface area contributed by atoms with Crippen LogP contribution in [-0.4, -0.2) is 70.4 Å². The number of ether oxygens (including phenoxy) is 1. The third kappa shape index (κ3) is 3.38. The Kier molecular flexibility index (Phi) is 5.15. The second-order valence-electron chi connectivity index (χ2n) is 5.35. The largest absolute Gasteiger partial charge is 0.480 e. The number of thioether (sulfide) groups is 1. The molecule has 3 unspecified atom stereocenters. The van der Waals surface area contributed by atoms with Gasteiger partial charge in [-0.05, 0) is 26.2 Å². The van der Waals surface area contributed by atoms with Crippen molar-refractivity contribution >= 4 is 23.8 Å². The lowest BCUT2D eigenvalue weighted by molar-refractivity contribution is -0.141. The number of carbonyl (C=O) groups is 2. The fourth-order valence-corrected chi connectivity index (χ4v) is 3.82. The van der Waals surface area contributed by atoms with Crippen molar-refractivity contribution < 1.29 is 19.4 Å². The van der Waals surface area contributed by atoms with E-state index in [2.05, 4.69) is 0 Å². The molecule has 0 aromatic heterocycles. The van der Waals surface area contributed by atoms with Crippen molar-refractivity contribution in [2.45, 2.75) is 43.7 Å². The average molecular weight is 302 g/mol. The van der Waals surface area contributed by atoms with Gasteiger partial charge in [0.05, 0.1) is 11.5 Å². The lowest BCUT2D eigenvalue weighted by Gasteiger charge is -2.33. The van der Waals surface area contributed by atoms with E-state index in [1.165, 1.54) is 16.7 Å². The summed E-state index contributed by atoms with van der Waals surface area (Å²) in [6, 6.07) is -0.943. The molecule has 0 bridgehead atoms. The van der Waals surface area contributed by atoms with Crippen LogP contribution in [0.25, 0.3) is 0 Å². The first kappa shape index (κ1) is 15.4. The van der Waals surface area contributed by atoms with Crippen LogP contribution >= 0.6 is 11.8 Å². The Bertz CT molecular complexity index is 373. The first-order valence-corrected chi connectivity index (χ1v) is 8.05. The third-order valence-corrected chi connectivity index (χ3v) is 5.02. The highest BCUT2D eigenvalue weighted by molar-refractivity contribution is 8.00. The van der Waals surface area contributed by atoms with Crippen LogP contribution < -0.4 is 0 Å². The topological polar surface area (TPSA) is 70.1 Å². The van der Waals surface area contributed by atoms with Gasteiger partial charge in [-0.25, -0.2) is 9.59 Å². The van der Waals surface area contributed by atoms with Crippen molar-refractivity contribution in [3.8, 4) is 0 Å². The smallest absolute Gasteiger partial charge is 0.327 e. The van der Waals surface area contributed by atoms with Gasteiger partial charge in [-0.15, -0.1) is 11.8 Å². The van der Waals surface area contributed by atoms with Gasteiger partial charge in [0.2, 0.25) is 0 Å². The van der Waals surface area contributed by atoms with E-state index in [-0.39, 0.29) is 17.5 Å². The Morgan fingerprint density at radius 2 is 2.20 bits per heavy atom. The molecular formula is C13H22N2O4S. The molecule has 2 aliphatic rings. The van der Waals surface area contributed by atoms with Crippen LogP contribution in [0.4, 0.5) is 4.79 Å². The number of rotatable bonds is 3. The van der Waals surface area contributed by atoms with Crippen molar-refractivity contribution in [1.29, 1.82) is 0 Å². The maximum Gasteiger partial charge on any atom is 0.327 e. The molecule has 6 nitrogen and oxygen atoms in total. The molecule has 0 aromatic rings. The Labute approximate surface area is 123 Å². The number of carboxylic acid groups (broad SMARTS) is 1. The molecule has 2 heterocycles. The molecule has 3 atom stereocenters. The van der Waals surface area contributed by atoms with Gasteiger partial charge in [0.25, 0.3) is 0 Å². The third-order valence-electron chi connectivity index (χ3n) is 3.81. The maximum absolute atomic E-state index is 12.5. The maximum atomic E-state index is 12.5. The number of likely N-dealkylation sites (N-methyl/N-ethyl adjacent to an activating group) is 1. The summed E-state index contributed by atoms with van der Waals surface area (Å²) < 4.78 is 5.63. The number of aliphatic carboxylic acids is 1. The van der Waals surface area contributed by atoms with Crippen molar-refractivity contribution in [3.05, 3.63) is 0 Å². The molecule has 20 heavy (non-hydrogen) atoms. The zero-order valence-corrected chi connectivity index (χ0v) is 12.8. The van der Waals surface area contributed by atoms with Crippen LogP contribution in [0.1, 0.15) is 26.2 Å². The van der Waals surface area contributed by atoms with E-state index in [1.54, 1.807) is 11.9 Å². The second-order valence-corrected chi connectivity index (χ2v) is 6.69. The first-order chi connectivity index (χ1) is 9.50. The summed E-state index contributed by atoms with van der Waals surface area (Å²) in [5, 5.41) is 9.10. The zero-order valence-electron chi connectivity index (χ0n) is 11.9. The summed E-state index contributed by atoms with van der Waals surface area (Å²) >= 11 is 1.50. The molecule has 2 aliphatic heterocycles. The molecule has 0 radical (unpaired) electrons. The zero-order chi connectivity index (χ0) is 14.7. The summed E-state index contributed by atoms with van der Waals surface area (Å²) in [7, 11) is 1.72. The van der Waals surface area contributed by atoms with Gasteiger partial charge in [0.15, 0.2) is 0 Å². The molecule has 7 heteroatoms. The first-order valence-electron chi connectivity index (χ1n) is 7.00. The molecule has 114 valence electrons. The molecule has 0 spiro atoms. The quantitative estimate of drug-likeness (QED) is 0.854. The van der Waals surface area contributed by atoms with E-state index in [4.69, 9.17) is 4.74 Å². The van der Waals surface area contributed by atoms with E-state index in [0.717, 1.165) is 25.9 Å². The number of hydrogen-bond acceptors (Lipinski definition) is 4. The molecular weight excluding hydrogens is 280 g/mol. The molecule has 0 aromatic carbocycles. The van der Waals surface area contributed by atoms with Gasteiger partial charge in [-0.1, -0.05) is 0 Å². The van der Waals surface area contributed by atoms with E-state index in [0.29, 0.717) is 12.3 Å². The summed E-state index contributed by atoms with van der Waals surface area (Å²) in [4.78, 5) is 26.7. The Hall–Kier alpha value is -0.950. The highest BCUT2D eigenvalue weighted by Crippen LogP contribution is 2.29. The second kappa shape index (κ2) is 6.67. The van der Waals surface area contributed by atoms with E-state index in [1.807, 2.05) is 6.92 Å². The minimum absolute atomic E-state index is 0.0755. The van der Waals surface area contributed by atoms with Crippen LogP contribution in [0.5, 0.6) is 0 Å². The minimum Gasteiger partial charge on any atom is -0.480 e. The number of carboxylic acids is 1. The van der Waals surface area contributed by atoms with Crippen molar-refractivity contribution in [1.82, 2.24) is 9.80 Å². The van der Waals surface area contributed by atoms with Gasteiger partial charge < -0.3 is 14.7 Å². The number of urea groups is 1. The van der Waals surface area contributed by atoms with Crippen molar-refractivity contribution in [2.24, 2.45) is 0 Å². The monoisotopic (exact) mass is 302 g/mol. The van der Waals surface area contributed by atoms with E-state index >= 15 is 0 Å². The summed E-state index contributed by atoms with van der Waals surface area (Å²) in [5.41, 5.74) is 0. The number of amides is 2. The van der Waals surface area contributed by atoms with Crippen LogP contribution in [0.3, 0.4) is 0 Å². The van der Waals surface area contributed by atoms with Crippen LogP contribution in [0.15, 0.2) is 0 Å². The standard InChI is InChI=1S/C13H22N2O4S/c1-9-15(11(8-20-9)12(16)17)13(18)14(2)7-10-5-3-4-6-19-10/h9-11H,3-8H2,1-2H3,(H,16,17). The summed E-state index contributed by atoms with van der Waals surface area (Å²) in [6.45, 7) is 3.15. The average Bonchev–Trinajstić information content (AvgIpc) is 2.81. The van der Waals surface area contributed by atoms with E-state index in [9.17, 15) is 14.7 Å². The van der Waals surface area contributed by atoms with Gasteiger partial charge in [0.1, 0.15) is 6.04 Å². The van der Waals surface area contributed by atoms with Crippen molar-refractivity contribution in [3.63, 3.8) is 0 Å². The van der Waals surface area contributed by atoms with Crippen LogP contribution in [0, 0.1) is 0 Å². The fourth-order valence-electron chi connectivity index (χ4n) is 2.66. The van der Waals surface area contributed by atoms with E-state index < -0.39 is 12.0 Å². The van der Waals surface area contributed by atoms with Crippen molar-refractivity contribution in [2.75, 3.05) is 26.0 Å². The SMILES string of the molecule is CC1SCC(C(=O)O)N1C(=O)N(C)CC1CCCCO1. The predicted molar refractivity (Wildman–Crippen MR) is 76.8 cm³/mol. The Morgan fingerprint density at radius 1 is 1.45 bits per heavy atom. The lowest BCUT2D eigenvalue weighted by Crippen LogP contribution is -2.51. The molecule has 0 aliphatic carbocycles. The van der Waals surface area contributed by atoms with Gasteiger partial charge in [-0.2, -0.15) is 0 Å². The highest BCUT2D eigenvalue weighted by atomic mass is 32.2. The molecule has 0 saturated carbocycles. The number of carbonyl (C=O) groups excluding carboxylic acids is 1. The molecule has 2 fully saturated rings. The number of nitrogens with zero attached hydrogens (tertiary/aromatic N) is 2.